The monoisotopic (exact) mass is 254 g/mol. The van der Waals surface area contributed by atoms with Gasteiger partial charge in [-0.05, 0) is 25.1 Å². The molecule has 0 spiro atoms. The lowest BCUT2D eigenvalue weighted by molar-refractivity contribution is 0.628. The van der Waals surface area contributed by atoms with Gasteiger partial charge < -0.3 is 5.41 Å². The van der Waals surface area contributed by atoms with Crippen molar-refractivity contribution in [2.45, 2.75) is 6.92 Å². The standard InChI is InChI=1S/C14H11FN4/c1-9(16)12-8-13-17-5-6-19(13)18-14(12)10-3-2-4-11(15)7-10/h2-8,16H,1H3. The van der Waals surface area contributed by atoms with Crippen LogP contribution in [0, 0.1) is 11.2 Å². The number of benzene rings is 1. The molecule has 0 saturated carbocycles. The second-order valence-electron chi connectivity index (χ2n) is 4.27. The molecule has 0 aliphatic rings. The van der Waals surface area contributed by atoms with Crippen LogP contribution in [-0.4, -0.2) is 20.3 Å². The van der Waals surface area contributed by atoms with Crippen molar-refractivity contribution < 1.29 is 4.39 Å². The third-order valence-corrected chi connectivity index (χ3v) is 2.89. The van der Waals surface area contributed by atoms with Crippen molar-refractivity contribution >= 4 is 11.4 Å². The number of nitrogens with one attached hydrogen (secondary N) is 1. The maximum atomic E-state index is 13.3. The lowest BCUT2D eigenvalue weighted by Crippen LogP contribution is -2.03. The summed E-state index contributed by atoms with van der Waals surface area (Å²) in [5.74, 6) is -0.321. The number of hydrogen-bond donors (Lipinski definition) is 1. The van der Waals surface area contributed by atoms with Crippen molar-refractivity contribution in [1.29, 1.82) is 5.41 Å². The Morgan fingerprint density at radius 3 is 2.89 bits per heavy atom. The highest BCUT2D eigenvalue weighted by molar-refractivity contribution is 6.02. The molecule has 5 heteroatoms. The van der Waals surface area contributed by atoms with Crippen molar-refractivity contribution in [3.05, 3.63) is 54.1 Å². The van der Waals surface area contributed by atoms with Crippen molar-refractivity contribution in [1.82, 2.24) is 14.6 Å². The van der Waals surface area contributed by atoms with E-state index in [0.717, 1.165) is 0 Å². The molecular weight excluding hydrogens is 243 g/mol. The van der Waals surface area contributed by atoms with E-state index in [1.165, 1.54) is 12.1 Å². The van der Waals surface area contributed by atoms with Gasteiger partial charge in [-0.2, -0.15) is 5.10 Å². The maximum absolute atomic E-state index is 13.3. The van der Waals surface area contributed by atoms with Gasteiger partial charge in [-0.25, -0.2) is 13.9 Å². The zero-order valence-electron chi connectivity index (χ0n) is 10.3. The number of nitrogens with zero attached hydrogens (tertiary/aromatic N) is 3. The van der Waals surface area contributed by atoms with Crippen molar-refractivity contribution in [2.24, 2.45) is 0 Å². The van der Waals surface area contributed by atoms with Gasteiger partial charge in [-0.1, -0.05) is 12.1 Å². The molecule has 2 heterocycles. The molecule has 94 valence electrons. The molecule has 1 aromatic carbocycles. The summed E-state index contributed by atoms with van der Waals surface area (Å²) in [4.78, 5) is 4.14. The Balaban J connectivity index is 2.31. The molecule has 0 amide bonds. The molecule has 0 saturated heterocycles. The first-order valence-electron chi connectivity index (χ1n) is 5.81. The van der Waals surface area contributed by atoms with Crippen molar-refractivity contribution in [3.8, 4) is 11.3 Å². The summed E-state index contributed by atoms with van der Waals surface area (Å²) in [6.45, 7) is 1.68. The molecule has 0 fully saturated rings. The number of imidazole rings is 1. The summed E-state index contributed by atoms with van der Waals surface area (Å²) in [6, 6.07) is 8.00. The molecule has 3 rings (SSSR count). The molecular formula is C14H11FN4. The van der Waals surface area contributed by atoms with E-state index >= 15 is 0 Å². The van der Waals surface area contributed by atoms with E-state index < -0.39 is 0 Å². The number of hydrogen-bond acceptors (Lipinski definition) is 3. The first-order chi connectivity index (χ1) is 9.15. The molecule has 0 bridgehead atoms. The number of rotatable bonds is 2. The van der Waals surface area contributed by atoms with Crippen LogP contribution in [0.3, 0.4) is 0 Å². The molecule has 0 unspecified atom stereocenters. The fourth-order valence-corrected chi connectivity index (χ4v) is 1.99. The van der Waals surface area contributed by atoms with E-state index in [9.17, 15) is 4.39 Å². The molecule has 2 aromatic heterocycles. The van der Waals surface area contributed by atoms with Crippen LogP contribution in [0.1, 0.15) is 12.5 Å². The second-order valence-corrected chi connectivity index (χ2v) is 4.27. The van der Waals surface area contributed by atoms with Gasteiger partial charge >= 0.3 is 0 Å². The van der Waals surface area contributed by atoms with Gasteiger partial charge in [0.25, 0.3) is 0 Å². The molecule has 1 N–H and O–H groups in total. The van der Waals surface area contributed by atoms with Gasteiger partial charge in [0.2, 0.25) is 0 Å². The van der Waals surface area contributed by atoms with Crippen LogP contribution in [0.5, 0.6) is 0 Å². The van der Waals surface area contributed by atoms with E-state index in [-0.39, 0.29) is 5.82 Å². The van der Waals surface area contributed by atoms with Crippen LogP contribution in [0.2, 0.25) is 0 Å². The quantitative estimate of drug-likeness (QED) is 0.715. The minimum absolute atomic E-state index is 0.321. The summed E-state index contributed by atoms with van der Waals surface area (Å²) >= 11 is 0. The minimum Gasteiger partial charge on any atom is -0.305 e. The zero-order chi connectivity index (χ0) is 13.4. The second kappa shape index (κ2) is 4.28. The molecule has 19 heavy (non-hydrogen) atoms. The van der Waals surface area contributed by atoms with E-state index in [1.807, 2.05) is 0 Å². The Kier molecular flexibility index (Phi) is 2.59. The number of halogens is 1. The normalized spacial score (nSPS) is 10.8. The predicted molar refractivity (Wildman–Crippen MR) is 70.9 cm³/mol. The van der Waals surface area contributed by atoms with Crippen LogP contribution in [-0.2, 0) is 0 Å². The average Bonchev–Trinajstić information content (AvgIpc) is 2.84. The van der Waals surface area contributed by atoms with E-state index in [4.69, 9.17) is 5.41 Å². The summed E-state index contributed by atoms with van der Waals surface area (Å²) in [7, 11) is 0. The van der Waals surface area contributed by atoms with Crippen LogP contribution in [0.4, 0.5) is 4.39 Å². The Labute approximate surface area is 109 Å². The van der Waals surface area contributed by atoms with Crippen LogP contribution >= 0.6 is 0 Å². The van der Waals surface area contributed by atoms with Gasteiger partial charge in [-0.3, -0.25) is 0 Å². The lowest BCUT2D eigenvalue weighted by Gasteiger charge is -2.08. The molecule has 0 aliphatic heterocycles. The van der Waals surface area contributed by atoms with E-state index in [1.54, 1.807) is 42.0 Å². The number of fused-ring (bicyclic) bond motifs is 1. The SMILES string of the molecule is CC(=N)c1cc2nccn2nc1-c1cccc(F)c1. The fraction of sp³-hybridized carbons (Fsp3) is 0.0714. The highest BCUT2D eigenvalue weighted by atomic mass is 19.1. The number of aromatic nitrogens is 3. The Hall–Kier alpha value is -2.56. The van der Waals surface area contributed by atoms with E-state index in [2.05, 4.69) is 10.1 Å². The van der Waals surface area contributed by atoms with E-state index in [0.29, 0.717) is 28.2 Å². The van der Waals surface area contributed by atoms with Crippen LogP contribution in [0.25, 0.3) is 16.9 Å². The molecule has 4 nitrogen and oxygen atoms in total. The summed E-state index contributed by atoms with van der Waals surface area (Å²) in [5.41, 5.74) is 2.93. The fourth-order valence-electron chi connectivity index (χ4n) is 1.99. The first-order valence-corrected chi connectivity index (χ1v) is 5.81. The average molecular weight is 254 g/mol. The van der Waals surface area contributed by atoms with Crippen molar-refractivity contribution in [2.75, 3.05) is 0 Å². The molecule has 0 atom stereocenters. The van der Waals surface area contributed by atoms with Crippen molar-refractivity contribution in [3.63, 3.8) is 0 Å². The van der Waals surface area contributed by atoms with Crippen LogP contribution < -0.4 is 0 Å². The van der Waals surface area contributed by atoms with Gasteiger partial charge in [0.1, 0.15) is 11.5 Å². The predicted octanol–water partition coefficient (Wildman–Crippen LogP) is 2.92. The van der Waals surface area contributed by atoms with Gasteiger partial charge in [-0.15, -0.1) is 0 Å². The largest absolute Gasteiger partial charge is 0.305 e. The van der Waals surface area contributed by atoms with Gasteiger partial charge in [0.15, 0.2) is 5.65 Å². The first kappa shape index (κ1) is 11.5. The molecule has 3 aromatic rings. The Morgan fingerprint density at radius 1 is 1.32 bits per heavy atom. The molecule has 0 aliphatic carbocycles. The lowest BCUT2D eigenvalue weighted by atomic mass is 10.0. The molecule has 0 radical (unpaired) electrons. The summed E-state index contributed by atoms with van der Waals surface area (Å²) < 4.78 is 15.0. The maximum Gasteiger partial charge on any atom is 0.154 e. The summed E-state index contributed by atoms with van der Waals surface area (Å²) in [5, 5.41) is 12.3. The zero-order valence-corrected chi connectivity index (χ0v) is 10.3. The van der Waals surface area contributed by atoms with Gasteiger partial charge in [0.05, 0.1) is 0 Å². The third kappa shape index (κ3) is 1.99. The van der Waals surface area contributed by atoms with Crippen LogP contribution in [0.15, 0.2) is 42.7 Å². The Morgan fingerprint density at radius 2 is 2.16 bits per heavy atom. The minimum atomic E-state index is -0.321. The topological polar surface area (TPSA) is 54.0 Å². The third-order valence-electron chi connectivity index (χ3n) is 2.89. The Bertz CT molecular complexity index is 776. The summed E-state index contributed by atoms with van der Waals surface area (Å²) in [6.07, 6.45) is 3.36. The smallest absolute Gasteiger partial charge is 0.154 e. The highest BCUT2D eigenvalue weighted by Gasteiger charge is 2.12. The highest BCUT2D eigenvalue weighted by Crippen LogP contribution is 2.23. The van der Waals surface area contributed by atoms with Gasteiger partial charge in [0, 0.05) is 29.2 Å².